The van der Waals surface area contributed by atoms with Crippen LogP contribution in [-0.2, 0) is 4.74 Å². The molecule has 1 heterocycles. The zero-order valence-corrected chi connectivity index (χ0v) is 10.9. The van der Waals surface area contributed by atoms with Gasteiger partial charge in [-0.1, -0.05) is 0 Å². The lowest BCUT2D eigenvalue weighted by Gasteiger charge is -2.34. The van der Waals surface area contributed by atoms with Gasteiger partial charge in [-0.2, -0.15) is 0 Å². The Bertz CT molecular complexity index is 379. The summed E-state index contributed by atoms with van der Waals surface area (Å²) < 4.78 is 5.71. The predicted molar refractivity (Wildman–Crippen MR) is 69.2 cm³/mol. The number of nitrogens with one attached hydrogen (secondary N) is 1. The van der Waals surface area contributed by atoms with E-state index in [1.807, 2.05) is 33.8 Å². The lowest BCUT2D eigenvalue weighted by atomic mass is 9.91. The molecular formula is C12H22N4O. The number of aryl methyl sites for hydroxylation is 1. The van der Waals surface area contributed by atoms with Crippen LogP contribution in [0.15, 0.2) is 12.3 Å². The number of nitrogens with zero attached hydrogens (tertiary/aromatic N) is 1. The van der Waals surface area contributed by atoms with Gasteiger partial charge in [-0.3, -0.25) is 5.84 Å². The molecule has 0 aliphatic carbocycles. The van der Waals surface area contributed by atoms with E-state index >= 15 is 0 Å². The quantitative estimate of drug-likeness (QED) is 0.531. The molecule has 1 atom stereocenters. The van der Waals surface area contributed by atoms with E-state index in [1.54, 1.807) is 6.20 Å². The summed E-state index contributed by atoms with van der Waals surface area (Å²) in [6.07, 6.45) is 1.74. The molecule has 1 rings (SSSR count). The van der Waals surface area contributed by atoms with Gasteiger partial charge in [0.2, 0.25) is 0 Å². The first-order valence-electron chi connectivity index (χ1n) is 5.74. The lowest BCUT2D eigenvalue weighted by molar-refractivity contribution is -0.0391. The van der Waals surface area contributed by atoms with Crippen LogP contribution >= 0.6 is 0 Å². The Morgan fingerprint density at radius 3 is 2.71 bits per heavy atom. The number of aromatic nitrogens is 1. The van der Waals surface area contributed by atoms with Gasteiger partial charge in [0.15, 0.2) is 0 Å². The van der Waals surface area contributed by atoms with E-state index in [1.165, 1.54) is 0 Å². The fourth-order valence-electron chi connectivity index (χ4n) is 1.95. The summed E-state index contributed by atoms with van der Waals surface area (Å²) in [5.41, 5.74) is 10.1. The Balaban J connectivity index is 3.13. The molecule has 0 fully saturated rings. The number of pyridine rings is 1. The highest BCUT2D eigenvalue weighted by atomic mass is 16.5. The molecule has 0 amide bonds. The number of hydrazine groups is 1. The summed E-state index contributed by atoms with van der Waals surface area (Å²) in [4.78, 5) is 4.15. The molecule has 0 bridgehead atoms. The summed E-state index contributed by atoms with van der Waals surface area (Å²) in [6, 6.07) is 1.78. The maximum absolute atomic E-state index is 5.90. The first-order chi connectivity index (χ1) is 7.92. The molecular weight excluding hydrogens is 216 g/mol. The van der Waals surface area contributed by atoms with Crippen LogP contribution in [0.25, 0.3) is 0 Å². The molecule has 5 nitrogen and oxygen atoms in total. The number of ether oxygens (including phenoxy) is 1. The molecule has 5 N–H and O–H groups in total. The molecule has 1 aromatic rings. The minimum absolute atomic E-state index is 0.199. The van der Waals surface area contributed by atoms with Crippen LogP contribution in [0.1, 0.15) is 37.9 Å². The second-order valence-corrected chi connectivity index (χ2v) is 4.62. The van der Waals surface area contributed by atoms with E-state index in [4.69, 9.17) is 16.3 Å². The molecule has 1 aromatic heterocycles. The summed E-state index contributed by atoms with van der Waals surface area (Å²) in [5.74, 6) is 6.10. The highest BCUT2D eigenvalue weighted by molar-refractivity contribution is 5.44. The summed E-state index contributed by atoms with van der Waals surface area (Å²) >= 11 is 0. The predicted octanol–water partition coefficient (Wildman–Crippen LogP) is 1.29. The average Bonchev–Trinajstić information content (AvgIpc) is 2.23. The van der Waals surface area contributed by atoms with Crippen molar-refractivity contribution >= 4 is 5.82 Å². The zero-order valence-electron chi connectivity index (χ0n) is 10.9. The first-order valence-corrected chi connectivity index (χ1v) is 5.74. The van der Waals surface area contributed by atoms with Crippen LogP contribution in [0.4, 0.5) is 5.82 Å². The monoisotopic (exact) mass is 238 g/mol. The largest absolute Gasteiger partial charge is 0.383 e. The van der Waals surface area contributed by atoms with Gasteiger partial charge in [-0.25, -0.2) is 10.4 Å². The molecule has 0 saturated heterocycles. The molecule has 0 spiro atoms. The third kappa shape index (κ3) is 3.15. The summed E-state index contributed by atoms with van der Waals surface area (Å²) in [5, 5.41) is 0. The normalized spacial score (nSPS) is 13.7. The molecule has 0 radical (unpaired) electrons. The van der Waals surface area contributed by atoms with Crippen molar-refractivity contribution in [1.29, 1.82) is 0 Å². The second-order valence-electron chi connectivity index (χ2n) is 4.62. The minimum atomic E-state index is -0.451. The SMILES string of the molecule is CCOC(C)(C)C(NN)c1cc(C)cnc1N. The van der Waals surface area contributed by atoms with Gasteiger partial charge in [0.05, 0.1) is 11.6 Å². The van der Waals surface area contributed by atoms with E-state index in [2.05, 4.69) is 10.4 Å². The third-order valence-corrected chi connectivity index (χ3v) is 2.78. The fourth-order valence-corrected chi connectivity index (χ4v) is 1.95. The van der Waals surface area contributed by atoms with Crippen molar-refractivity contribution in [3.63, 3.8) is 0 Å². The fraction of sp³-hybridized carbons (Fsp3) is 0.583. The van der Waals surface area contributed by atoms with Crippen molar-refractivity contribution in [3.05, 3.63) is 23.4 Å². The Kier molecular flexibility index (Phi) is 4.45. The van der Waals surface area contributed by atoms with Crippen LogP contribution in [0.5, 0.6) is 0 Å². The maximum atomic E-state index is 5.90. The molecule has 0 aliphatic rings. The van der Waals surface area contributed by atoms with Crippen molar-refractivity contribution in [2.75, 3.05) is 12.3 Å². The lowest BCUT2D eigenvalue weighted by Crippen LogP contribution is -2.45. The van der Waals surface area contributed by atoms with E-state index in [9.17, 15) is 0 Å². The molecule has 1 unspecified atom stereocenters. The third-order valence-electron chi connectivity index (χ3n) is 2.78. The van der Waals surface area contributed by atoms with Crippen LogP contribution in [-0.4, -0.2) is 17.2 Å². The van der Waals surface area contributed by atoms with Gasteiger partial charge in [0.25, 0.3) is 0 Å². The number of nitrogens with two attached hydrogens (primary N) is 2. The number of anilines is 1. The highest BCUT2D eigenvalue weighted by Gasteiger charge is 2.32. The van der Waals surface area contributed by atoms with Crippen molar-refractivity contribution in [2.24, 2.45) is 5.84 Å². The van der Waals surface area contributed by atoms with Gasteiger partial charge in [-0.15, -0.1) is 0 Å². The Morgan fingerprint density at radius 2 is 2.18 bits per heavy atom. The van der Waals surface area contributed by atoms with Crippen LogP contribution in [0.2, 0.25) is 0 Å². The molecule has 0 aliphatic heterocycles. The topological polar surface area (TPSA) is 86.2 Å². The molecule has 5 heteroatoms. The van der Waals surface area contributed by atoms with Crippen LogP contribution < -0.4 is 17.0 Å². The standard InChI is InChI=1S/C12H22N4O/c1-5-17-12(3,4)10(16-14)9-6-8(2)7-15-11(9)13/h6-7,10,16H,5,14H2,1-4H3,(H2,13,15). The Labute approximate surface area is 103 Å². The molecule has 0 aromatic carbocycles. The van der Waals surface area contributed by atoms with E-state index in [-0.39, 0.29) is 6.04 Å². The van der Waals surface area contributed by atoms with Gasteiger partial charge < -0.3 is 10.5 Å². The number of nitrogen functional groups attached to an aromatic ring is 1. The zero-order chi connectivity index (χ0) is 13.1. The highest BCUT2D eigenvalue weighted by Crippen LogP contribution is 2.31. The Hall–Kier alpha value is -1.17. The van der Waals surface area contributed by atoms with E-state index in [0.29, 0.717) is 12.4 Å². The summed E-state index contributed by atoms with van der Waals surface area (Å²) in [6.45, 7) is 8.49. The first kappa shape index (κ1) is 13.9. The van der Waals surface area contributed by atoms with Gasteiger partial charge in [0.1, 0.15) is 5.82 Å². The van der Waals surface area contributed by atoms with Crippen LogP contribution in [0.3, 0.4) is 0 Å². The van der Waals surface area contributed by atoms with Crippen molar-refractivity contribution < 1.29 is 4.74 Å². The second kappa shape index (κ2) is 5.44. The average molecular weight is 238 g/mol. The van der Waals surface area contributed by atoms with Crippen molar-refractivity contribution in [2.45, 2.75) is 39.3 Å². The summed E-state index contributed by atoms with van der Waals surface area (Å²) in [7, 11) is 0. The van der Waals surface area contributed by atoms with Crippen molar-refractivity contribution in [3.8, 4) is 0 Å². The number of hydrogen-bond donors (Lipinski definition) is 3. The van der Waals surface area contributed by atoms with E-state index in [0.717, 1.165) is 11.1 Å². The van der Waals surface area contributed by atoms with Gasteiger partial charge in [0, 0.05) is 18.4 Å². The van der Waals surface area contributed by atoms with Crippen molar-refractivity contribution in [1.82, 2.24) is 10.4 Å². The van der Waals surface area contributed by atoms with Gasteiger partial charge >= 0.3 is 0 Å². The van der Waals surface area contributed by atoms with E-state index < -0.39 is 5.60 Å². The smallest absolute Gasteiger partial charge is 0.128 e. The Morgan fingerprint density at radius 1 is 1.53 bits per heavy atom. The van der Waals surface area contributed by atoms with Crippen LogP contribution in [0, 0.1) is 6.92 Å². The molecule has 0 saturated carbocycles. The number of hydrogen-bond acceptors (Lipinski definition) is 5. The molecule has 96 valence electrons. The minimum Gasteiger partial charge on any atom is -0.383 e. The molecule has 17 heavy (non-hydrogen) atoms. The number of rotatable bonds is 5. The van der Waals surface area contributed by atoms with Gasteiger partial charge in [-0.05, 0) is 39.3 Å². The maximum Gasteiger partial charge on any atom is 0.128 e.